The first-order valence-corrected chi connectivity index (χ1v) is 7.12. The van der Waals surface area contributed by atoms with Gasteiger partial charge in [0.2, 0.25) is 0 Å². The molecule has 1 fully saturated rings. The summed E-state index contributed by atoms with van der Waals surface area (Å²) in [5.41, 5.74) is 0.108. The first-order valence-electron chi connectivity index (χ1n) is 5.69. The summed E-state index contributed by atoms with van der Waals surface area (Å²) in [5, 5.41) is 9.21. The van der Waals surface area contributed by atoms with Gasteiger partial charge >= 0.3 is 5.97 Å². The summed E-state index contributed by atoms with van der Waals surface area (Å²) in [6.45, 7) is 1.91. The Morgan fingerprint density at radius 3 is 2.79 bits per heavy atom. The molecule has 1 N–H and O–H groups in total. The number of hydrogen-bond donors (Lipinski definition) is 1. The van der Waals surface area contributed by atoms with E-state index >= 15 is 0 Å². The predicted octanol–water partition coefficient (Wildman–Crippen LogP) is 1.51. The summed E-state index contributed by atoms with van der Waals surface area (Å²) in [7, 11) is 0. The maximum atomic E-state index is 12.3. The van der Waals surface area contributed by atoms with Crippen molar-refractivity contribution < 1.29 is 14.7 Å². The standard InChI is InChI=1S/C11H12ClN3O3S/c1-2-9-15(7(5-19-9)11(17)18)10(16)6-3-14-8(12)4-13-6/h3-4,7,9H,2,5H2,1H3,(H,17,18). The molecule has 2 unspecified atom stereocenters. The first kappa shape index (κ1) is 14.1. The van der Waals surface area contributed by atoms with Gasteiger partial charge in [0.05, 0.1) is 17.8 Å². The average molecular weight is 302 g/mol. The lowest BCUT2D eigenvalue weighted by Gasteiger charge is -2.26. The molecule has 1 aliphatic rings. The van der Waals surface area contributed by atoms with E-state index in [1.165, 1.54) is 29.1 Å². The molecule has 6 nitrogen and oxygen atoms in total. The highest BCUT2D eigenvalue weighted by Crippen LogP contribution is 2.32. The van der Waals surface area contributed by atoms with Crippen LogP contribution in [0, 0.1) is 0 Å². The van der Waals surface area contributed by atoms with Crippen molar-refractivity contribution in [2.45, 2.75) is 24.8 Å². The smallest absolute Gasteiger partial charge is 0.327 e. The molecule has 1 aromatic heterocycles. The second kappa shape index (κ2) is 5.75. The molecule has 1 amide bonds. The Hall–Kier alpha value is -1.34. The second-order valence-corrected chi connectivity index (χ2v) is 5.59. The van der Waals surface area contributed by atoms with Crippen molar-refractivity contribution in [1.82, 2.24) is 14.9 Å². The lowest BCUT2D eigenvalue weighted by Crippen LogP contribution is -2.45. The molecule has 0 spiro atoms. The van der Waals surface area contributed by atoms with E-state index in [0.29, 0.717) is 12.2 Å². The Labute approximate surface area is 119 Å². The van der Waals surface area contributed by atoms with E-state index in [4.69, 9.17) is 11.6 Å². The Morgan fingerprint density at radius 2 is 2.26 bits per heavy atom. The fourth-order valence-corrected chi connectivity index (χ4v) is 3.34. The van der Waals surface area contributed by atoms with Crippen LogP contribution >= 0.6 is 23.4 Å². The minimum Gasteiger partial charge on any atom is -0.480 e. The molecular weight excluding hydrogens is 290 g/mol. The van der Waals surface area contributed by atoms with Gasteiger partial charge < -0.3 is 10.0 Å². The summed E-state index contributed by atoms with van der Waals surface area (Å²) >= 11 is 7.08. The van der Waals surface area contributed by atoms with Crippen LogP contribution in [0.1, 0.15) is 23.8 Å². The molecule has 2 atom stereocenters. The molecular formula is C11H12ClN3O3S. The normalized spacial score (nSPS) is 22.5. The molecule has 0 aromatic carbocycles. The molecule has 2 rings (SSSR count). The van der Waals surface area contributed by atoms with Gasteiger partial charge in [0.15, 0.2) is 0 Å². The number of carboxylic acids is 1. The minimum absolute atomic E-state index is 0.108. The molecule has 0 aliphatic carbocycles. The average Bonchev–Trinajstić information content (AvgIpc) is 2.82. The largest absolute Gasteiger partial charge is 0.480 e. The van der Waals surface area contributed by atoms with Gasteiger partial charge in [-0.2, -0.15) is 0 Å². The summed E-state index contributed by atoms with van der Waals surface area (Å²) < 4.78 is 0. The van der Waals surface area contributed by atoms with Gasteiger partial charge in [0.1, 0.15) is 16.9 Å². The van der Waals surface area contributed by atoms with Crippen LogP contribution in [0.15, 0.2) is 12.4 Å². The maximum absolute atomic E-state index is 12.3. The van der Waals surface area contributed by atoms with Gasteiger partial charge in [-0.1, -0.05) is 18.5 Å². The molecule has 1 aromatic rings. The van der Waals surface area contributed by atoms with Crippen LogP contribution in [0.5, 0.6) is 0 Å². The number of carboxylic acid groups (broad SMARTS) is 1. The number of carbonyl (C=O) groups is 2. The van der Waals surface area contributed by atoms with E-state index in [2.05, 4.69) is 9.97 Å². The van der Waals surface area contributed by atoms with Gasteiger partial charge in [-0.05, 0) is 6.42 Å². The quantitative estimate of drug-likeness (QED) is 0.911. The molecule has 0 radical (unpaired) electrons. The van der Waals surface area contributed by atoms with E-state index in [-0.39, 0.29) is 16.2 Å². The monoisotopic (exact) mass is 301 g/mol. The topological polar surface area (TPSA) is 83.4 Å². The van der Waals surface area contributed by atoms with Crippen LogP contribution < -0.4 is 0 Å². The SMILES string of the molecule is CCC1SCC(C(=O)O)N1C(=O)c1cnc(Cl)cn1. The molecule has 102 valence electrons. The Bertz CT molecular complexity index is 496. The number of rotatable bonds is 3. The van der Waals surface area contributed by atoms with Gasteiger partial charge in [0.25, 0.3) is 5.91 Å². The highest BCUT2D eigenvalue weighted by Gasteiger charge is 2.41. The number of nitrogens with zero attached hydrogens (tertiary/aromatic N) is 3. The minimum atomic E-state index is -1.00. The van der Waals surface area contributed by atoms with Gasteiger partial charge in [-0.3, -0.25) is 4.79 Å². The number of thioether (sulfide) groups is 1. The molecule has 19 heavy (non-hydrogen) atoms. The third kappa shape index (κ3) is 2.82. The molecule has 0 saturated carbocycles. The summed E-state index contributed by atoms with van der Waals surface area (Å²) in [6, 6.07) is -0.820. The summed E-state index contributed by atoms with van der Waals surface area (Å²) in [4.78, 5) is 32.6. The Morgan fingerprint density at radius 1 is 1.53 bits per heavy atom. The zero-order chi connectivity index (χ0) is 14.0. The zero-order valence-corrected chi connectivity index (χ0v) is 11.7. The van der Waals surface area contributed by atoms with Crippen molar-refractivity contribution in [2.75, 3.05) is 5.75 Å². The van der Waals surface area contributed by atoms with Gasteiger partial charge in [-0.25, -0.2) is 14.8 Å². The van der Waals surface area contributed by atoms with Crippen molar-refractivity contribution in [2.24, 2.45) is 0 Å². The lowest BCUT2D eigenvalue weighted by molar-refractivity contribution is -0.141. The summed E-state index contributed by atoms with van der Waals surface area (Å²) in [5.74, 6) is -1.03. The molecule has 8 heteroatoms. The maximum Gasteiger partial charge on any atom is 0.327 e. The number of amides is 1. The zero-order valence-electron chi connectivity index (χ0n) is 10.1. The van der Waals surface area contributed by atoms with E-state index in [1.807, 2.05) is 6.92 Å². The van der Waals surface area contributed by atoms with E-state index in [1.54, 1.807) is 0 Å². The number of carbonyl (C=O) groups excluding carboxylic acids is 1. The van der Waals surface area contributed by atoms with Crippen molar-refractivity contribution in [3.63, 3.8) is 0 Å². The fraction of sp³-hybridized carbons (Fsp3) is 0.455. The van der Waals surface area contributed by atoms with Crippen molar-refractivity contribution >= 4 is 35.2 Å². The number of halogens is 1. The van der Waals surface area contributed by atoms with Gasteiger partial charge in [0, 0.05) is 5.75 Å². The van der Waals surface area contributed by atoms with Crippen LogP contribution in [-0.2, 0) is 4.79 Å². The number of aliphatic carboxylic acids is 1. The van der Waals surface area contributed by atoms with E-state index in [9.17, 15) is 14.7 Å². The highest BCUT2D eigenvalue weighted by atomic mass is 35.5. The third-order valence-corrected chi connectivity index (χ3v) is 4.45. The number of hydrogen-bond acceptors (Lipinski definition) is 5. The van der Waals surface area contributed by atoms with Crippen molar-refractivity contribution in [1.29, 1.82) is 0 Å². The van der Waals surface area contributed by atoms with Crippen LogP contribution in [0.25, 0.3) is 0 Å². The van der Waals surface area contributed by atoms with Crippen LogP contribution in [0.2, 0.25) is 5.15 Å². The van der Waals surface area contributed by atoms with E-state index < -0.39 is 17.9 Å². The Kier molecular flexibility index (Phi) is 4.26. The third-order valence-electron chi connectivity index (χ3n) is 2.80. The molecule has 1 aliphatic heterocycles. The highest BCUT2D eigenvalue weighted by molar-refractivity contribution is 8.00. The Balaban J connectivity index is 2.28. The fourth-order valence-electron chi connectivity index (χ4n) is 1.90. The van der Waals surface area contributed by atoms with Crippen molar-refractivity contribution in [3.8, 4) is 0 Å². The molecule has 1 saturated heterocycles. The number of aromatic nitrogens is 2. The first-order chi connectivity index (χ1) is 9.04. The van der Waals surface area contributed by atoms with Crippen LogP contribution in [0.3, 0.4) is 0 Å². The summed E-state index contributed by atoms with van der Waals surface area (Å²) in [6.07, 6.45) is 3.22. The predicted molar refractivity (Wildman–Crippen MR) is 71.2 cm³/mol. The second-order valence-electron chi connectivity index (χ2n) is 3.99. The van der Waals surface area contributed by atoms with Crippen LogP contribution in [-0.4, -0.2) is 49.0 Å². The van der Waals surface area contributed by atoms with Gasteiger partial charge in [-0.15, -0.1) is 11.8 Å². The van der Waals surface area contributed by atoms with E-state index in [0.717, 1.165) is 0 Å². The molecule has 2 heterocycles. The lowest BCUT2D eigenvalue weighted by atomic mass is 10.2. The van der Waals surface area contributed by atoms with Crippen LogP contribution in [0.4, 0.5) is 0 Å². The molecule has 0 bridgehead atoms. The van der Waals surface area contributed by atoms with Crippen molar-refractivity contribution in [3.05, 3.63) is 23.2 Å².